The Hall–Kier alpha value is -5.61. The fourth-order valence-electron chi connectivity index (χ4n) is 7.27. The zero-order valence-corrected chi connectivity index (χ0v) is 32.6. The van der Waals surface area contributed by atoms with Crippen LogP contribution < -0.4 is 14.5 Å². The van der Waals surface area contributed by atoms with Crippen LogP contribution in [0.1, 0.15) is 29.2 Å². The molecule has 0 radical (unpaired) electrons. The van der Waals surface area contributed by atoms with Crippen LogP contribution in [0.15, 0.2) is 109 Å². The zero-order chi connectivity index (χ0) is 38.7. The van der Waals surface area contributed by atoms with E-state index in [9.17, 15) is 14.4 Å². The van der Waals surface area contributed by atoms with Gasteiger partial charge in [-0.1, -0.05) is 66.7 Å². The largest absolute Gasteiger partial charge is 0.497 e. The Morgan fingerprint density at radius 1 is 0.709 bits per heavy atom. The molecule has 4 aromatic carbocycles. The zero-order valence-electron chi connectivity index (χ0n) is 32.6. The Kier molecular flexibility index (Phi) is 13.2. The number of nitrogens with zero attached hydrogens (tertiary/aromatic N) is 6. The Morgan fingerprint density at radius 3 is 1.93 bits per heavy atom. The highest BCUT2D eigenvalue weighted by atomic mass is 16.5. The second kappa shape index (κ2) is 18.6. The van der Waals surface area contributed by atoms with Crippen molar-refractivity contribution in [1.82, 2.24) is 19.6 Å². The van der Waals surface area contributed by atoms with Gasteiger partial charge in [0.1, 0.15) is 11.8 Å². The number of benzene rings is 4. The minimum atomic E-state index is -0.708. The quantitative estimate of drug-likeness (QED) is 0.169. The summed E-state index contributed by atoms with van der Waals surface area (Å²) < 4.78 is 5.32. The van der Waals surface area contributed by atoms with Crippen LogP contribution in [-0.2, 0) is 33.9 Å². The molecule has 4 aromatic rings. The Bertz CT molecular complexity index is 1880. The van der Waals surface area contributed by atoms with Crippen molar-refractivity contribution in [3.05, 3.63) is 131 Å². The van der Waals surface area contributed by atoms with E-state index in [4.69, 9.17) is 4.74 Å². The molecule has 0 N–H and O–H groups in total. The van der Waals surface area contributed by atoms with E-state index in [0.717, 1.165) is 60.9 Å². The fraction of sp³-hybridized carbons (Fsp3) is 0.356. The minimum Gasteiger partial charge on any atom is -0.497 e. The highest BCUT2D eigenvalue weighted by Crippen LogP contribution is 2.23. The first-order valence-electron chi connectivity index (χ1n) is 19.2. The monoisotopic (exact) mass is 742 g/mol. The number of carbonyl (C=O) groups is 3. The minimum absolute atomic E-state index is 0.0370. The van der Waals surface area contributed by atoms with Gasteiger partial charge in [0.2, 0.25) is 17.7 Å². The maximum absolute atomic E-state index is 14.7. The molecule has 2 saturated heterocycles. The third kappa shape index (κ3) is 10.5. The van der Waals surface area contributed by atoms with Crippen molar-refractivity contribution < 1.29 is 19.1 Å². The lowest BCUT2D eigenvalue weighted by molar-refractivity contribution is -0.145. The van der Waals surface area contributed by atoms with Crippen LogP contribution in [0.5, 0.6) is 5.75 Å². The lowest BCUT2D eigenvalue weighted by Crippen LogP contribution is -2.56. The number of ether oxygens (including phenoxy) is 1. The molecule has 0 aromatic heterocycles. The molecule has 55 heavy (non-hydrogen) atoms. The molecule has 10 nitrogen and oxygen atoms in total. The topological polar surface area (TPSA) is 79.9 Å². The molecule has 0 bridgehead atoms. The van der Waals surface area contributed by atoms with Gasteiger partial charge < -0.3 is 29.2 Å². The van der Waals surface area contributed by atoms with Crippen molar-refractivity contribution in [2.75, 3.05) is 83.4 Å². The number of rotatable bonds is 13. The normalized spacial score (nSPS) is 15.5. The second-order valence-corrected chi connectivity index (χ2v) is 14.6. The van der Waals surface area contributed by atoms with E-state index >= 15 is 0 Å². The van der Waals surface area contributed by atoms with E-state index < -0.39 is 6.04 Å². The van der Waals surface area contributed by atoms with Crippen molar-refractivity contribution in [1.29, 1.82) is 0 Å². The molecule has 0 spiro atoms. The highest BCUT2D eigenvalue weighted by molar-refractivity contribution is 5.96. The molecule has 0 saturated carbocycles. The van der Waals surface area contributed by atoms with Gasteiger partial charge in [-0.05, 0) is 64.7 Å². The number of amides is 3. The molecule has 1 atom stereocenters. The number of anilines is 2. The number of hydrogen-bond donors (Lipinski definition) is 0. The van der Waals surface area contributed by atoms with Crippen LogP contribution in [0.2, 0.25) is 0 Å². The van der Waals surface area contributed by atoms with Gasteiger partial charge in [-0.25, -0.2) is 0 Å². The molecule has 3 amide bonds. The first-order chi connectivity index (χ1) is 26.7. The summed E-state index contributed by atoms with van der Waals surface area (Å²) in [6, 6.07) is 33.7. The number of methoxy groups -OCH3 is 1. The Morgan fingerprint density at radius 2 is 1.33 bits per heavy atom. The van der Waals surface area contributed by atoms with Gasteiger partial charge in [0, 0.05) is 110 Å². The maximum Gasteiger partial charge on any atom is 0.247 e. The van der Waals surface area contributed by atoms with E-state index in [1.54, 1.807) is 31.1 Å². The molecular weight excluding hydrogens is 689 g/mol. The lowest BCUT2D eigenvalue weighted by atomic mass is 10.0. The summed E-state index contributed by atoms with van der Waals surface area (Å²) >= 11 is 0. The lowest BCUT2D eigenvalue weighted by Gasteiger charge is -2.39. The number of carbonyl (C=O) groups excluding carboxylic acids is 3. The summed E-state index contributed by atoms with van der Waals surface area (Å²) in [4.78, 5) is 53.3. The van der Waals surface area contributed by atoms with Crippen molar-refractivity contribution in [3.8, 4) is 5.75 Å². The van der Waals surface area contributed by atoms with E-state index in [-0.39, 0.29) is 24.3 Å². The molecule has 2 fully saturated rings. The predicted molar refractivity (Wildman–Crippen MR) is 220 cm³/mol. The molecule has 10 heteroatoms. The summed E-state index contributed by atoms with van der Waals surface area (Å²) in [7, 11) is 5.71. The molecule has 1 unspecified atom stereocenters. The molecule has 2 aliphatic heterocycles. The van der Waals surface area contributed by atoms with Gasteiger partial charge >= 0.3 is 0 Å². The average Bonchev–Trinajstić information content (AvgIpc) is 3.22. The third-order valence-corrected chi connectivity index (χ3v) is 10.7. The predicted octanol–water partition coefficient (Wildman–Crippen LogP) is 5.43. The van der Waals surface area contributed by atoms with Gasteiger partial charge in [-0.3, -0.25) is 19.3 Å². The van der Waals surface area contributed by atoms with Gasteiger partial charge in [0.15, 0.2) is 0 Å². The smallest absolute Gasteiger partial charge is 0.247 e. The van der Waals surface area contributed by atoms with E-state index in [2.05, 4.69) is 51.1 Å². The first kappa shape index (κ1) is 39.1. The summed E-state index contributed by atoms with van der Waals surface area (Å²) in [5.74, 6) is 0.581. The van der Waals surface area contributed by atoms with E-state index in [0.29, 0.717) is 32.6 Å². The van der Waals surface area contributed by atoms with Crippen LogP contribution >= 0.6 is 0 Å². The molecule has 0 aliphatic carbocycles. The van der Waals surface area contributed by atoms with Crippen molar-refractivity contribution in [3.63, 3.8) is 0 Å². The summed E-state index contributed by atoms with van der Waals surface area (Å²) in [5.41, 5.74) is 6.29. The van der Waals surface area contributed by atoms with Crippen LogP contribution in [0, 0.1) is 0 Å². The van der Waals surface area contributed by atoms with Crippen molar-refractivity contribution >= 4 is 35.2 Å². The first-order valence-corrected chi connectivity index (χ1v) is 19.2. The van der Waals surface area contributed by atoms with Crippen LogP contribution in [0.3, 0.4) is 0 Å². The molecule has 2 aliphatic rings. The Balaban J connectivity index is 1.22. The molecular formula is C45H54N6O4. The third-order valence-electron chi connectivity index (χ3n) is 10.7. The second-order valence-electron chi connectivity index (χ2n) is 14.6. The molecule has 2 heterocycles. The summed E-state index contributed by atoms with van der Waals surface area (Å²) in [6.45, 7) is 8.34. The highest BCUT2D eigenvalue weighted by Gasteiger charge is 2.34. The number of piperazine rings is 2. The van der Waals surface area contributed by atoms with Gasteiger partial charge in [-0.2, -0.15) is 0 Å². The van der Waals surface area contributed by atoms with Crippen molar-refractivity contribution in [2.24, 2.45) is 0 Å². The number of hydrogen-bond acceptors (Lipinski definition) is 7. The van der Waals surface area contributed by atoms with Crippen LogP contribution in [0.4, 0.5) is 11.4 Å². The molecule has 6 rings (SSSR count). The molecule has 288 valence electrons. The summed E-state index contributed by atoms with van der Waals surface area (Å²) in [6.07, 6.45) is 3.78. The fourth-order valence-corrected chi connectivity index (χ4v) is 7.27. The maximum atomic E-state index is 14.7. The van der Waals surface area contributed by atoms with Crippen molar-refractivity contribution in [2.45, 2.75) is 32.5 Å². The van der Waals surface area contributed by atoms with Crippen LogP contribution in [0.25, 0.3) is 6.08 Å². The van der Waals surface area contributed by atoms with Gasteiger partial charge in [0.05, 0.1) is 7.11 Å². The average molecular weight is 743 g/mol. The summed E-state index contributed by atoms with van der Waals surface area (Å²) in [5, 5.41) is 0. The van der Waals surface area contributed by atoms with Gasteiger partial charge in [-0.15, -0.1) is 0 Å². The van der Waals surface area contributed by atoms with Crippen LogP contribution in [-0.4, -0.2) is 117 Å². The SMILES string of the molecule is COc1ccc(C=CC(=O)N(Cc2ccc(N3CCN(C(C)=O)CC3)cc2)C(Cc2ccccc2)C(=O)N2CCN(Cc3ccc(N(C)C)cc3)CC2)cc1. The van der Waals surface area contributed by atoms with E-state index in [1.165, 1.54) is 11.3 Å². The van der Waals surface area contributed by atoms with Gasteiger partial charge in [0.25, 0.3) is 0 Å². The standard InChI is InChI=1S/C45H54N6O4/c1-35(52)48-28-30-49(31-29-48)41-19-12-39(13-20-41)34-51(44(53)23-16-36-14-21-42(55-4)22-15-36)43(32-37-8-6-5-7-9-37)45(54)50-26-24-47(25-27-50)33-38-10-17-40(18-11-38)46(2)3/h5-23,43H,24-34H2,1-4H3. The van der Waals surface area contributed by atoms with E-state index in [1.807, 2.05) is 90.6 Å². The Labute approximate surface area is 326 Å².